The van der Waals surface area contributed by atoms with Crippen LogP contribution in [0.25, 0.3) is 0 Å². The topological polar surface area (TPSA) is 192 Å². The standard InChI is InChI=1S/C12H22O12S3/c13-1-3-5(15)7(17)9(11(25)21-3)23-27(19,20)24-10-8(18)6(16)4(2-14)22-12(10)26/h3-18,25-26H,1-2H2. The van der Waals surface area contributed by atoms with Crippen LogP contribution < -0.4 is 0 Å². The minimum atomic E-state index is -4.93. The van der Waals surface area contributed by atoms with Gasteiger partial charge in [-0.25, -0.2) is 8.37 Å². The smallest absolute Gasteiger partial charge is 0.394 e. The largest absolute Gasteiger partial charge is 0.400 e. The number of hydrogen-bond donors (Lipinski definition) is 8. The van der Waals surface area contributed by atoms with Gasteiger partial charge in [0.15, 0.2) is 0 Å². The molecule has 0 amide bonds. The molecule has 12 nitrogen and oxygen atoms in total. The zero-order valence-electron chi connectivity index (χ0n) is 13.6. The molecule has 160 valence electrons. The van der Waals surface area contributed by atoms with Crippen molar-refractivity contribution in [3.05, 3.63) is 0 Å². The van der Waals surface area contributed by atoms with Gasteiger partial charge in [0.2, 0.25) is 0 Å². The van der Waals surface area contributed by atoms with E-state index in [1.807, 2.05) is 0 Å². The van der Waals surface area contributed by atoms with Crippen LogP contribution in [0.1, 0.15) is 0 Å². The first-order chi connectivity index (χ1) is 12.5. The Kier molecular flexibility index (Phi) is 8.17. The molecule has 2 aliphatic heterocycles. The van der Waals surface area contributed by atoms with Crippen LogP contribution >= 0.6 is 25.3 Å². The highest BCUT2D eigenvalue weighted by atomic mass is 32.3. The summed E-state index contributed by atoms with van der Waals surface area (Å²) in [5.41, 5.74) is -2.69. The van der Waals surface area contributed by atoms with Crippen LogP contribution in [0.2, 0.25) is 0 Å². The van der Waals surface area contributed by atoms with Crippen LogP contribution in [0.15, 0.2) is 0 Å². The van der Waals surface area contributed by atoms with E-state index in [9.17, 15) is 28.8 Å². The van der Waals surface area contributed by atoms with Gasteiger partial charge in [-0.3, -0.25) is 0 Å². The van der Waals surface area contributed by atoms with Gasteiger partial charge in [-0.1, -0.05) is 0 Å². The fourth-order valence-electron chi connectivity index (χ4n) is 2.65. The molecule has 10 unspecified atom stereocenters. The lowest BCUT2D eigenvalue weighted by Gasteiger charge is -2.41. The molecule has 0 aromatic heterocycles. The predicted molar refractivity (Wildman–Crippen MR) is 92.2 cm³/mol. The van der Waals surface area contributed by atoms with Crippen LogP contribution in [0.4, 0.5) is 0 Å². The molecule has 2 fully saturated rings. The summed E-state index contributed by atoms with van der Waals surface area (Å²) in [6.07, 6.45) is -12.7. The highest BCUT2D eigenvalue weighted by Gasteiger charge is 2.49. The lowest BCUT2D eigenvalue weighted by atomic mass is 10.0. The van der Waals surface area contributed by atoms with Crippen molar-refractivity contribution >= 4 is 35.7 Å². The first kappa shape index (κ1) is 23.5. The lowest BCUT2D eigenvalue weighted by Crippen LogP contribution is -2.60. The first-order valence-electron chi connectivity index (χ1n) is 7.75. The molecule has 0 aromatic rings. The molecule has 15 heteroatoms. The van der Waals surface area contributed by atoms with Crippen molar-refractivity contribution in [2.75, 3.05) is 13.2 Å². The zero-order chi connectivity index (χ0) is 20.5. The van der Waals surface area contributed by atoms with E-state index in [-0.39, 0.29) is 0 Å². The van der Waals surface area contributed by atoms with Gasteiger partial charge in [-0.15, -0.1) is 25.3 Å². The third kappa shape index (κ3) is 5.25. The van der Waals surface area contributed by atoms with Gasteiger partial charge in [0.05, 0.1) is 13.2 Å². The molecule has 2 heterocycles. The summed E-state index contributed by atoms with van der Waals surface area (Å²) in [7, 11) is -4.93. The van der Waals surface area contributed by atoms with Gasteiger partial charge in [-0.05, 0) is 0 Å². The van der Waals surface area contributed by atoms with Crippen molar-refractivity contribution in [3.63, 3.8) is 0 Å². The average molecular weight is 454 g/mol. The van der Waals surface area contributed by atoms with Crippen molar-refractivity contribution in [3.8, 4) is 0 Å². The zero-order valence-corrected chi connectivity index (χ0v) is 16.2. The minimum absolute atomic E-state index is 0.651. The molecule has 6 N–H and O–H groups in total. The van der Waals surface area contributed by atoms with E-state index in [0.29, 0.717) is 0 Å². The number of ether oxygens (including phenoxy) is 2. The third-order valence-electron chi connectivity index (χ3n) is 4.14. The van der Waals surface area contributed by atoms with Crippen molar-refractivity contribution in [1.29, 1.82) is 0 Å². The molecule has 0 aliphatic carbocycles. The van der Waals surface area contributed by atoms with Crippen molar-refractivity contribution in [2.45, 2.75) is 59.7 Å². The van der Waals surface area contributed by atoms with E-state index in [1.165, 1.54) is 0 Å². The molecule has 27 heavy (non-hydrogen) atoms. The summed E-state index contributed by atoms with van der Waals surface area (Å²) >= 11 is 7.83. The predicted octanol–water partition coefficient (Wildman–Crippen LogP) is -4.26. The maximum absolute atomic E-state index is 12.2. The van der Waals surface area contributed by atoms with E-state index < -0.39 is 83.3 Å². The van der Waals surface area contributed by atoms with Gasteiger partial charge in [0.25, 0.3) is 0 Å². The van der Waals surface area contributed by atoms with E-state index in [2.05, 4.69) is 33.6 Å². The number of aliphatic hydroxyl groups excluding tert-OH is 6. The van der Waals surface area contributed by atoms with E-state index in [0.717, 1.165) is 0 Å². The SMILES string of the molecule is O=S(=O)(OC1C(S)OC(CO)C(O)C1O)OC1C(S)OC(CO)C(O)C1O. The highest BCUT2D eigenvalue weighted by Crippen LogP contribution is 2.30. The number of aliphatic hydroxyl groups is 6. The van der Waals surface area contributed by atoms with Gasteiger partial charge in [0, 0.05) is 0 Å². The van der Waals surface area contributed by atoms with Crippen LogP contribution in [0.5, 0.6) is 0 Å². The second-order valence-electron chi connectivity index (χ2n) is 5.99. The Morgan fingerprint density at radius 1 is 0.741 bits per heavy atom. The monoisotopic (exact) mass is 454 g/mol. The summed E-state index contributed by atoms with van der Waals surface area (Å²) < 4.78 is 43.8. The molecule has 0 radical (unpaired) electrons. The van der Waals surface area contributed by atoms with Gasteiger partial charge in [0.1, 0.15) is 59.7 Å². The van der Waals surface area contributed by atoms with Crippen LogP contribution in [-0.4, -0.2) is 112 Å². The molecular weight excluding hydrogens is 432 g/mol. The van der Waals surface area contributed by atoms with Crippen LogP contribution in [0.3, 0.4) is 0 Å². The first-order valence-corrected chi connectivity index (χ1v) is 10.1. The third-order valence-corrected chi connectivity index (χ3v) is 5.89. The van der Waals surface area contributed by atoms with Gasteiger partial charge in [-0.2, -0.15) is 8.42 Å². The fraction of sp³-hybridized carbons (Fsp3) is 1.00. The molecular formula is C12H22O12S3. The van der Waals surface area contributed by atoms with E-state index in [4.69, 9.17) is 19.7 Å². The quantitative estimate of drug-likeness (QED) is 0.180. The summed E-state index contributed by atoms with van der Waals surface area (Å²) in [5.74, 6) is 0. The van der Waals surface area contributed by atoms with Gasteiger partial charge < -0.3 is 40.1 Å². The normalized spacial score (nSPS) is 46.4. The molecule has 2 rings (SSSR count). The van der Waals surface area contributed by atoms with Crippen molar-refractivity contribution in [2.24, 2.45) is 0 Å². The summed E-state index contributed by atoms with van der Waals surface area (Å²) in [6, 6.07) is 0. The molecule has 0 aromatic carbocycles. The summed E-state index contributed by atoms with van der Waals surface area (Å²) in [6.45, 7) is -1.30. The van der Waals surface area contributed by atoms with Gasteiger partial charge >= 0.3 is 10.4 Å². The van der Waals surface area contributed by atoms with E-state index >= 15 is 0 Å². The number of hydrogen-bond acceptors (Lipinski definition) is 14. The summed E-state index contributed by atoms with van der Waals surface area (Å²) in [5, 5.41) is 57.7. The Bertz CT molecular complexity index is 546. The second kappa shape index (κ2) is 9.38. The highest BCUT2D eigenvalue weighted by molar-refractivity contribution is 7.82. The second-order valence-corrected chi connectivity index (χ2v) is 8.21. The van der Waals surface area contributed by atoms with Crippen LogP contribution in [0, 0.1) is 0 Å². The maximum atomic E-state index is 12.2. The Balaban J connectivity index is 2.08. The Morgan fingerprint density at radius 2 is 1.07 bits per heavy atom. The Morgan fingerprint density at radius 3 is 1.37 bits per heavy atom. The molecule has 0 spiro atoms. The molecule has 0 bridgehead atoms. The molecule has 0 saturated carbocycles. The Labute approximate surface area is 165 Å². The Hall–Kier alpha value is 0.250. The lowest BCUT2D eigenvalue weighted by molar-refractivity contribution is -0.208. The molecule has 10 atom stereocenters. The summed E-state index contributed by atoms with van der Waals surface area (Å²) in [4.78, 5) is 0. The van der Waals surface area contributed by atoms with Crippen molar-refractivity contribution in [1.82, 2.24) is 0 Å². The fourth-order valence-corrected chi connectivity index (χ4v) is 4.62. The number of thiol groups is 2. The maximum Gasteiger partial charge on any atom is 0.400 e. The minimum Gasteiger partial charge on any atom is -0.394 e. The average Bonchev–Trinajstić information content (AvgIpc) is 2.61. The number of rotatable bonds is 6. The van der Waals surface area contributed by atoms with E-state index in [1.54, 1.807) is 0 Å². The van der Waals surface area contributed by atoms with Crippen molar-refractivity contribution < 1.29 is 56.9 Å². The molecule has 2 saturated heterocycles. The van der Waals surface area contributed by atoms with Crippen LogP contribution in [-0.2, 0) is 28.2 Å². The molecule has 2 aliphatic rings.